The highest BCUT2D eigenvalue weighted by molar-refractivity contribution is 5.96. The van der Waals surface area contributed by atoms with E-state index in [4.69, 9.17) is 14.2 Å². The summed E-state index contributed by atoms with van der Waals surface area (Å²) in [7, 11) is 1.47. The maximum atomic E-state index is 12.8. The summed E-state index contributed by atoms with van der Waals surface area (Å²) in [6.45, 7) is 3.42. The second kappa shape index (κ2) is 9.42. The smallest absolute Gasteiger partial charge is 0.276 e. The van der Waals surface area contributed by atoms with Gasteiger partial charge >= 0.3 is 0 Å². The first kappa shape index (κ1) is 20.0. The zero-order chi connectivity index (χ0) is 19.8. The van der Waals surface area contributed by atoms with Crippen LogP contribution < -0.4 is 25.1 Å². The van der Waals surface area contributed by atoms with Gasteiger partial charge in [-0.3, -0.25) is 20.4 Å². The number of hydrogen-bond donors (Lipinski definition) is 2. The van der Waals surface area contributed by atoms with E-state index in [2.05, 4.69) is 10.9 Å². The third-order valence-corrected chi connectivity index (χ3v) is 3.29. The van der Waals surface area contributed by atoms with E-state index in [1.54, 1.807) is 12.1 Å². The van der Waals surface area contributed by atoms with Gasteiger partial charge in [-0.15, -0.1) is 0 Å². The van der Waals surface area contributed by atoms with Gasteiger partial charge in [0.25, 0.3) is 11.8 Å². The molecule has 7 nitrogen and oxygen atoms in total. The summed E-state index contributed by atoms with van der Waals surface area (Å²) >= 11 is 0. The van der Waals surface area contributed by atoms with Crippen LogP contribution in [0, 0.1) is 5.82 Å². The molecule has 2 N–H and O–H groups in total. The third-order valence-electron chi connectivity index (χ3n) is 3.29. The Balaban J connectivity index is 1.87. The van der Waals surface area contributed by atoms with Gasteiger partial charge in [0.05, 0.1) is 13.2 Å². The number of amides is 2. The lowest BCUT2D eigenvalue weighted by Gasteiger charge is -2.14. The van der Waals surface area contributed by atoms with Crippen LogP contribution in [0.15, 0.2) is 42.5 Å². The van der Waals surface area contributed by atoms with Crippen molar-refractivity contribution in [3.63, 3.8) is 0 Å². The molecule has 0 bridgehead atoms. The summed E-state index contributed by atoms with van der Waals surface area (Å²) in [4.78, 5) is 23.9. The van der Waals surface area contributed by atoms with Gasteiger partial charge in [-0.25, -0.2) is 4.39 Å². The molecule has 0 aromatic heterocycles. The summed E-state index contributed by atoms with van der Waals surface area (Å²) in [6, 6.07) is 9.91. The molecular weight excluding hydrogens is 355 g/mol. The quantitative estimate of drug-likeness (QED) is 0.725. The summed E-state index contributed by atoms with van der Waals surface area (Å²) in [5.74, 6) is -0.246. The molecule has 0 unspecified atom stereocenters. The average molecular weight is 376 g/mol. The zero-order valence-corrected chi connectivity index (χ0v) is 15.2. The van der Waals surface area contributed by atoms with Gasteiger partial charge in [-0.1, -0.05) is 0 Å². The standard InChI is InChI=1S/C19H21FN2O5/c1-12(2)27-16-9-4-13(10-17(16)25-3)19(24)22-21-18(23)11-26-15-7-5-14(20)6-8-15/h4-10,12H,11H2,1-3H3,(H,21,23)(H,22,24). The maximum absolute atomic E-state index is 12.8. The summed E-state index contributed by atoms with van der Waals surface area (Å²) < 4.78 is 28.8. The van der Waals surface area contributed by atoms with E-state index in [0.717, 1.165) is 0 Å². The number of nitrogens with one attached hydrogen (secondary N) is 2. The molecule has 2 aromatic rings. The molecule has 0 saturated carbocycles. The molecule has 8 heteroatoms. The Morgan fingerprint density at radius 1 is 1.04 bits per heavy atom. The first-order chi connectivity index (χ1) is 12.9. The minimum Gasteiger partial charge on any atom is -0.493 e. The fourth-order valence-electron chi connectivity index (χ4n) is 2.07. The summed E-state index contributed by atoms with van der Waals surface area (Å²) in [5.41, 5.74) is 4.80. The molecule has 0 radical (unpaired) electrons. The van der Waals surface area contributed by atoms with Gasteiger partial charge in [0.1, 0.15) is 11.6 Å². The molecule has 2 amide bonds. The van der Waals surface area contributed by atoms with Crippen LogP contribution in [0.5, 0.6) is 17.2 Å². The van der Waals surface area contributed by atoms with Crippen molar-refractivity contribution in [2.75, 3.05) is 13.7 Å². The lowest BCUT2D eigenvalue weighted by atomic mass is 10.2. The number of hydrazine groups is 1. The second-order valence-corrected chi connectivity index (χ2v) is 5.78. The van der Waals surface area contributed by atoms with Crippen LogP contribution in [-0.2, 0) is 4.79 Å². The van der Waals surface area contributed by atoms with Crippen molar-refractivity contribution in [3.8, 4) is 17.2 Å². The number of methoxy groups -OCH3 is 1. The molecule has 2 rings (SSSR count). The lowest BCUT2D eigenvalue weighted by molar-refractivity contribution is -0.123. The van der Waals surface area contributed by atoms with E-state index < -0.39 is 17.6 Å². The van der Waals surface area contributed by atoms with Gasteiger partial charge in [0.2, 0.25) is 0 Å². The summed E-state index contributed by atoms with van der Waals surface area (Å²) in [6.07, 6.45) is -0.0426. The molecule has 0 aliphatic rings. The number of carbonyl (C=O) groups is 2. The predicted octanol–water partition coefficient (Wildman–Crippen LogP) is 2.46. The van der Waals surface area contributed by atoms with Gasteiger partial charge in [-0.05, 0) is 56.3 Å². The van der Waals surface area contributed by atoms with Crippen molar-refractivity contribution in [1.29, 1.82) is 0 Å². The van der Waals surface area contributed by atoms with Crippen molar-refractivity contribution in [1.82, 2.24) is 10.9 Å². The number of benzene rings is 2. The Labute approximate surface area is 156 Å². The van der Waals surface area contributed by atoms with E-state index in [9.17, 15) is 14.0 Å². The van der Waals surface area contributed by atoms with E-state index in [1.165, 1.54) is 37.4 Å². The van der Waals surface area contributed by atoms with Crippen LogP contribution in [-0.4, -0.2) is 31.6 Å². The molecule has 144 valence electrons. The van der Waals surface area contributed by atoms with Gasteiger partial charge in [-0.2, -0.15) is 0 Å². The predicted molar refractivity (Wildman–Crippen MR) is 96.3 cm³/mol. The first-order valence-corrected chi connectivity index (χ1v) is 8.21. The molecule has 27 heavy (non-hydrogen) atoms. The van der Waals surface area contributed by atoms with Gasteiger partial charge < -0.3 is 14.2 Å². The van der Waals surface area contributed by atoms with Crippen LogP contribution in [0.3, 0.4) is 0 Å². The molecular formula is C19H21FN2O5. The molecule has 0 atom stereocenters. The minimum atomic E-state index is -0.570. The molecule has 0 aliphatic carbocycles. The maximum Gasteiger partial charge on any atom is 0.276 e. The number of ether oxygens (including phenoxy) is 3. The van der Waals surface area contributed by atoms with Gasteiger partial charge in [0.15, 0.2) is 18.1 Å². The number of rotatable bonds is 7. The Bertz CT molecular complexity index is 793. The number of halogens is 1. The van der Waals surface area contributed by atoms with Gasteiger partial charge in [0, 0.05) is 5.56 Å². The van der Waals surface area contributed by atoms with E-state index in [-0.39, 0.29) is 18.3 Å². The molecule has 0 heterocycles. The van der Waals surface area contributed by atoms with Crippen LogP contribution in [0.1, 0.15) is 24.2 Å². The molecule has 0 spiro atoms. The van der Waals surface area contributed by atoms with E-state index in [1.807, 2.05) is 13.8 Å². The fourth-order valence-corrected chi connectivity index (χ4v) is 2.07. The lowest BCUT2D eigenvalue weighted by Crippen LogP contribution is -2.43. The molecule has 2 aromatic carbocycles. The third kappa shape index (κ3) is 6.18. The highest BCUT2D eigenvalue weighted by atomic mass is 19.1. The van der Waals surface area contributed by atoms with Crippen molar-refractivity contribution in [2.45, 2.75) is 20.0 Å². The van der Waals surface area contributed by atoms with Crippen LogP contribution in [0.4, 0.5) is 4.39 Å². The van der Waals surface area contributed by atoms with E-state index in [0.29, 0.717) is 17.2 Å². The zero-order valence-electron chi connectivity index (χ0n) is 15.2. The molecule has 0 aliphatic heterocycles. The van der Waals surface area contributed by atoms with Crippen molar-refractivity contribution in [3.05, 3.63) is 53.8 Å². The second-order valence-electron chi connectivity index (χ2n) is 5.78. The Morgan fingerprint density at radius 2 is 1.74 bits per heavy atom. The Kier molecular flexibility index (Phi) is 6.99. The monoisotopic (exact) mass is 376 g/mol. The highest BCUT2D eigenvalue weighted by Crippen LogP contribution is 2.28. The minimum absolute atomic E-state index is 0.0426. The Hall–Kier alpha value is -3.29. The molecule has 0 fully saturated rings. The number of carbonyl (C=O) groups excluding carboxylic acids is 2. The first-order valence-electron chi connectivity index (χ1n) is 8.21. The van der Waals surface area contributed by atoms with Crippen molar-refractivity contribution >= 4 is 11.8 Å². The number of hydrogen-bond acceptors (Lipinski definition) is 5. The van der Waals surface area contributed by atoms with E-state index >= 15 is 0 Å². The fraction of sp³-hybridized carbons (Fsp3) is 0.263. The average Bonchev–Trinajstić information content (AvgIpc) is 2.65. The highest BCUT2D eigenvalue weighted by Gasteiger charge is 2.13. The summed E-state index contributed by atoms with van der Waals surface area (Å²) in [5, 5.41) is 0. The Morgan fingerprint density at radius 3 is 2.37 bits per heavy atom. The molecule has 0 saturated heterocycles. The van der Waals surface area contributed by atoms with Crippen LogP contribution in [0.2, 0.25) is 0 Å². The normalized spacial score (nSPS) is 10.3. The largest absolute Gasteiger partial charge is 0.493 e. The topological polar surface area (TPSA) is 85.9 Å². The SMILES string of the molecule is COc1cc(C(=O)NNC(=O)COc2ccc(F)cc2)ccc1OC(C)C. The van der Waals surface area contributed by atoms with Crippen molar-refractivity contribution in [2.24, 2.45) is 0 Å². The van der Waals surface area contributed by atoms with Crippen LogP contribution in [0.25, 0.3) is 0 Å². The van der Waals surface area contributed by atoms with Crippen LogP contribution >= 0.6 is 0 Å². The van der Waals surface area contributed by atoms with Crippen molar-refractivity contribution < 1.29 is 28.2 Å².